The number of imide groups is 1. The summed E-state index contributed by atoms with van der Waals surface area (Å²) in [5.41, 5.74) is 1.98. The van der Waals surface area contributed by atoms with E-state index in [-0.39, 0.29) is 13.0 Å². The number of halogens is 1. The summed E-state index contributed by atoms with van der Waals surface area (Å²) in [7, 11) is 0. The number of hydrogen-bond acceptors (Lipinski definition) is 5. The molecule has 0 radical (unpaired) electrons. The maximum Gasteiger partial charge on any atom is 0.308 e. The molecule has 3 rings (SSSR count). The second kappa shape index (κ2) is 8.22. The number of nitrogens with one attached hydrogen (secondary N) is 1. The summed E-state index contributed by atoms with van der Waals surface area (Å²) in [4.78, 5) is 49.3. The summed E-state index contributed by atoms with van der Waals surface area (Å²) >= 11 is 5.86. The average Bonchev–Trinajstić information content (AvgIpc) is 2.91. The van der Waals surface area contributed by atoms with E-state index in [0.717, 1.165) is 10.5 Å². The van der Waals surface area contributed by atoms with Gasteiger partial charge in [-0.3, -0.25) is 24.1 Å². The lowest BCUT2D eigenvalue weighted by Gasteiger charge is -2.13. The zero-order chi connectivity index (χ0) is 20.3. The number of ether oxygens (including phenoxy) is 1. The largest absolute Gasteiger partial charge is 0.456 e. The van der Waals surface area contributed by atoms with Gasteiger partial charge in [-0.25, -0.2) is 0 Å². The Kier molecular flexibility index (Phi) is 5.75. The van der Waals surface area contributed by atoms with E-state index in [4.69, 9.17) is 16.3 Å². The Morgan fingerprint density at radius 1 is 1.07 bits per heavy atom. The zero-order valence-corrected chi connectivity index (χ0v) is 15.8. The lowest BCUT2D eigenvalue weighted by Crippen LogP contribution is -2.32. The van der Waals surface area contributed by atoms with Gasteiger partial charge in [0.15, 0.2) is 6.61 Å². The number of benzene rings is 2. The highest BCUT2D eigenvalue weighted by Crippen LogP contribution is 2.22. The molecule has 2 aromatic carbocycles. The summed E-state index contributed by atoms with van der Waals surface area (Å²) < 4.78 is 4.92. The third-order valence-corrected chi connectivity index (χ3v) is 4.48. The first kappa shape index (κ1) is 19.6. The topological polar surface area (TPSA) is 92.8 Å². The van der Waals surface area contributed by atoms with E-state index < -0.39 is 30.3 Å². The van der Waals surface area contributed by atoms with Gasteiger partial charge in [-0.2, -0.15) is 0 Å². The van der Waals surface area contributed by atoms with Crippen molar-refractivity contribution >= 4 is 41.0 Å². The molecule has 8 heteroatoms. The first-order valence-electron chi connectivity index (χ1n) is 8.53. The number of carbonyl (C=O) groups is 4. The van der Waals surface area contributed by atoms with Gasteiger partial charge in [0.05, 0.1) is 17.5 Å². The van der Waals surface area contributed by atoms with Gasteiger partial charge in [0.1, 0.15) is 0 Å². The summed E-state index contributed by atoms with van der Waals surface area (Å²) in [6.07, 6.45) is -0.196. The van der Waals surface area contributed by atoms with E-state index in [2.05, 4.69) is 5.32 Å². The van der Waals surface area contributed by atoms with Crippen molar-refractivity contribution in [1.82, 2.24) is 4.90 Å². The second-order valence-corrected chi connectivity index (χ2v) is 6.66. The number of amides is 3. The second-order valence-electron chi connectivity index (χ2n) is 6.23. The molecule has 0 unspecified atom stereocenters. The molecule has 0 aromatic heterocycles. The number of nitrogens with zero attached hydrogens (tertiary/aromatic N) is 1. The van der Waals surface area contributed by atoms with Crippen LogP contribution in [0.3, 0.4) is 0 Å². The molecular formula is C20H17ClN2O5. The Morgan fingerprint density at radius 3 is 2.32 bits per heavy atom. The quantitative estimate of drug-likeness (QED) is 0.594. The van der Waals surface area contributed by atoms with Crippen molar-refractivity contribution in [2.24, 2.45) is 0 Å². The summed E-state index contributed by atoms with van der Waals surface area (Å²) in [6.45, 7) is 1.21. The van der Waals surface area contributed by atoms with Gasteiger partial charge in [0.25, 0.3) is 17.7 Å². The van der Waals surface area contributed by atoms with E-state index in [0.29, 0.717) is 21.8 Å². The van der Waals surface area contributed by atoms with Crippen molar-refractivity contribution in [3.8, 4) is 0 Å². The average molecular weight is 401 g/mol. The lowest BCUT2D eigenvalue weighted by atomic mass is 10.1. The van der Waals surface area contributed by atoms with Crippen LogP contribution in [0.15, 0.2) is 42.5 Å². The number of rotatable bonds is 6. The summed E-state index contributed by atoms with van der Waals surface area (Å²) in [5, 5.41) is 3.17. The normalized spacial score (nSPS) is 12.7. The molecule has 28 heavy (non-hydrogen) atoms. The Hall–Kier alpha value is -3.19. The molecule has 0 atom stereocenters. The maximum atomic E-state index is 12.2. The van der Waals surface area contributed by atoms with Crippen LogP contribution in [0.2, 0.25) is 5.02 Å². The van der Waals surface area contributed by atoms with Crippen molar-refractivity contribution in [2.45, 2.75) is 13.3 Å². The minimum Gasteiger partial charge on any atom is -0.456 e. The van der Waals surface area contributed by atoms with Crippen LogP contribution < -0.4 is 5.32 Å². The molecule has 1 aliphatic rings. The van der Waals surface area contributed by atoms with E-state index in [1.54, 1.807) is 49.4 Å². The smallest absolute Gasteiger partial charge is 0.308 e. The Balaban J connectivity index is 1.47. The van der Waals surface area contributed by atoms with E-state index >= 15 is 0 Å². The molecule has 1 heterocycles. The fraction of sp³-hybridized carbons (Fsp3) is 0.200. The zero-order valence-electron chi connectivity index (χ0n) is 15.0. The van der Waals surface area contributed by atoms with E-state index in [1.807, 2.05) is 0 Å². The minimum atomic E-state index is -0.681. The van der Waals surface area contributed by atoms with Gasteiger partial charge in [0, 0.05) is 17.3 Å². The SMILES string of the molecule is Cc1cc(Cl)ccc1NC(=O)COC(=O)CCN1C(=O)c2ccccc2C1=O. The van der Waals surface area contributed by atoms with Gasteiger partial charge in [-0.05, 0) is 42.8 Å². The van der Waals surface area contributed by atoms with E-state index in [9.17, 15) is 19.2 Å². The number of aryl methyl sites for hydroxylation is 1. The first-order valence-corrected chi connectivity index (χ1v) is 8.91. The van der Waals surface area contributed by atoms with Crippen molar-refractivity contribution in [3.05, 3.63) is 64.2 Å². The minimum absolute atomic E-state index is 0.108. The van der Waals surface area contributed by atoms with Crippen LogP contribution in [0, 0.1) is 6.92 Å². The predicted octanol–water partition coefficient (Wildman–Crippen LogP) is 2.82. The highest BCUT2D eigenvalue weighted by molar-refractivity contribution is 6.30. The molecule has 0 aliphatic carbocycles. The van der Waals surface area contributed by atoms with Crippen molar-refractivity contribution in [1.29, 1.82) is 0 Å². The molecule has 1 aliphatic heterocycles. The van der Waals surface area contributed by atoms with Gasteiger partial charge in [0.2, 0.25) is 0 Å². The van der Waals surface area contributed by atoms with Crippen LogP contribution in [0.1, 0.15) is 32.7 Å². The van der Waals surface area contributed by atoms with Crippen LogP contribution in [0.25, 0.3) is 0 Å². The molecule has 0 spiro atoms. The fourth-order valence-electron chi connectivity index (χ4n) is 2.82. The molecule has 2 aromatic rings. The molecule has 144 valence electrons. The molecule has 1 N–H and O–H groups in total. The van der Waals surface area contributed by atoms with Crippen LogP contribution in [0.4, 0.5) is 5.69 Å². The summed E-state index contributed by atoms with van der Waals surface area (Å²) in [6, 6.07) is 11.5. The van der Waals surface area contributed by atoms with Gasteiger partial charge in [-0.15, -0.1) is 0 Å². The Labute approximate surface area is 166 Å². The predicted molar refractivity (Wildman–Crippen MR) is 102 cm³/mol. The lowest BCUT2D eigenvalue weighted by molar-refractivity contribution is -0.147. The van der Waals surface area contributed by atoms with Gasteiger partial charge < -0.3 is 10.1 Å². The van der Waals surface area contributed by atoms with Gasteiger partial charge >= 0.3 is 5.97 Å². The third kappa shape index (κ3) is 4.20. The van der Waals surface area contributed by atoms with Crippen molar-refractivity contribution < 1.29 is 23.9 Å². The number of hydrogen-bond donors (Lipinski definition) is 1. The highest BCUT2D eigenvalue weighted by atomic mass is 35.5. The third-order valence-electron chi connectivity index (χ3n) is 4.24. The number of carbonyl (C=O) groups excluding carboxylic acids is 4. The van der Waals surface area contributed by atoms with Crippen LogP contribution in [-0.4, -0.2) is 41.7 Å². The molecular weight excluding hydrogens is 384 g/mol. The number of fused-ring (bicyclic) bond motifs is 1. The van der Waals surface area contributed by atoms with Crippen molar-refractivity contribution in [3.63, 3.8) is 0 Å². The monoisotopic (exact) mass is 400 g/mol. The number of esters is 1. The molecule has 3 amide bonds. The molecule has 0 saturated heterocycles. The highest BCUT2D eigenvalue weighted by Gasteiger charge is 2.35. The Bertz CT molecular complexity index is 938. The summed E-state index contributed by atoms with van der Waals surface area (Å²) in [5.74, 6) is -2.06. The molecule has 7 nitrogen and oxygen atoms in total. The van der Waals surface area contributed by atoms with Gasteiger partial charge in [-0.1, -0.05) is 23.7 Å². The van der Waals surface area contributed by atoms with Crippen LogP contribution in [0.5, 0.6) is 0 Å². The fourth-order valence-corrected chi connectivity index (χ4v) is 3.04. The first-order chi connectivity index (χ1) is 13.4. The van der Waals surface area contributed by atoms with Crippen LogP contribution in [-0.2, 0) is 14.3 Å². The molecule has 0 saturated carbocycles. The van der Waals surface area contributed by atoms with E-state index in [1.165, 1.54) is 0 Å². The molecule has 0 fully saturated rings. The number of anilines is 1. The van der Waals surface area contributed by atoms with Crippen LogP contribution >= 0.6 is 11.6 Å². The Morgan fingerprint density at radius 2 is 1.71 bits per heavy atom. The maximum absolute atomic E-state index is 12.2. The van der Waals surface area contributed by atoms with Crippen molar-refractivity contribution in [2.75, 3.05) is 18.5 Å². The molecule has 0 bridgehead atoms. The standard InChI is InChI=1S/C20H17ClN2O5/c1-12-10-13(21)6-7-16(12)22-17(24)11-28-18(25)8-9-23-19(26)14-4-2-3-5-15(14)20(23)27/h2-7,10H,8-9,11H2,1H3,(H,22,24).